The van der Waals surface area contributed by atoms with E-state index < -0.39 is 11.6 Å². The van der Waals surface area contributed by atoms with Crippen molar-refractivity contribution in [1.82, 2.24) is 14.9 Å². The highest BCUT2D eigenvalue weighted by atomic mass is 16.6. The molecule has 4 aliphatic carbocycles. The van der Waals surface area contributed by atoms with Crippen molar-refractivity contribution in [3.05, 3.63) is 18.0 Å². The minimum Gasteiger partial charge on any atom is -0.478 e. The second-order valence-electron chi connectivity index (χ2n) is 9.22. The highest BCUT2D eigenvalue weighted by molar-refractivity contribution is 5.86. The molecule has 9 heteroatoms. The number of anilines is 1. The maximum atomic E-state index is 12.8. The molecule has 4 saturated carbocycles. The monoisotopic (exact) mass is 402 g/mol. The molecule has 1 aromatic rings. The third kappa shape index (κ3) is 3.52. The average molecular weight is 402 g/mol. The summed E-state index contributed by atoms with van der Waals surface area (Å²) in [6.45, 7) is 1.09. The minimum atomic E-state index is -1.07. The van der Waals surface area contributed by atoms with Crippen LogP contribution >= 0.6 is 0 Å². The van der Waals surface area contributed by atoms with Gasteiger partial charge in [0, 0.05) is 31.5 Å². The van der Waals surface area contributed by atoms with E-state index in [1.54, 1.807) is 4.90 Å². The minimum absolute atomic E-state index is 0.00237. The van der Waals surface area contributed by atoms with Crippen molar-refractivity contribution in [1.29, 1.82) is 0 Å². The molecule has 0 spiro atoms. The number of aliphatic hydroxyl groups is 1. The number of nitrogens with zero attached hydrogens (tertiary/aromatic N) is 3. The van der Waals surface area contributed by atoms with Crippen LogP contribution in [0.2, 0.25) is 0 Å². The van der Waals surface area contributed by atoms with Crippen molar-refractivity contribution < 1.29 is 24.5 Å². The van der Waals surface area contributed by atoms with Gasteiger partial charge in [0.1, 0.15) is 6.10 Å². The van der Waals surface area contributed by atoms with Gasteiger partial charge in [0.05, 0.1) is 11.2 Å². The Morgan fingerprint density at radius 1 is 1.17 bits per heavy atom. The molecular formula is C20H26N4O5. The average Bonchev–Trinajstić information content (AvgIpc) is 3.12. The van der Waals surface area contributed by atoms with Crippen LogP contribution in [0.4, 0.5) is 10.7 Å². The van der Waals surface area contributed by atoms with Crippen LogP contribution in [0.1, 0.15) is 48.9 Å². The lowest BCUT2D eigenvalue weighted by molar-refractivity contribution is -0.177. The third-order valence-electron chi connectivity index (χ3n) is 7.07. The normalized spacial score (nSPS) is 37.6. The van der Waals surface area contributed by atoms with Gasteiger partial charge in [0.2, 0.25) is 5.95 Å². The Bertz CT molecular complexity index is 800. The summed E-state index contributed by atoms with van der Waals surface area (Å²) in [6.07, 6.45) is 7.47. The van der Waals surface area contributed by atoms with Crippen molar-refractivity contribution in [2.24, 2.45) is 17.8 Å². The van der Waals surface area contributed by atoms with Gasteiger partial charge < -0.3 is 25.2 Å². The molecule has 0 radical (unpaired) electrons. The number of hydrogen-bond acceptors (Lipinski definition) is 7. The van der Waals surface area contributed by atoms with Crippen LogP contribution in [0.25, 0.3) is 0 Å². The first-order chi connectivity index (χ1) is 13.9. The van der Waals surface area contributed by atoms with Gasteiger partial charge in [-0.3, -0.25) is 0 Å². The quantitative estimate of drug-likeness (QED) is 0.695. The Hall–Kier alpha value is -2.42. The van der Waals surface area contributed by atoms with Gasteiger partial charge in [-0.1, -0.05) is 0 Å². The van der Waals surface area contributed by atoms with E-state index in [0.717, 1.165) is 38.5 Å². The van der Waals surface area contributed by atoms with Crippen molar-refractivity contribution in [3.8, 4) is 0 Å². The Labute approximate surface area is 168 Å². The summed E-state index contributed by atoms with van der Waals surface area (Å²) >= 11 is 0. The molecule has 6 rings (SSSR count). The SMILES string of the molecule is O=C(O)c1cnc(N[C@@H]2CCN(C(=O)O[C@@H]3C4CC5C[C@H]3C[C@@](O)(C5)C4)C2)nc1. The number of carbonyl (C=O) groups excluding carboxylic acids is 1. The summed E-state index contributed by atoms with van der Waals surface area (Å²) in [7, 11) is 0. The number of hydrogen-bond donors (Lipinski definition) is 3. The van der Waals surface area contributed by atoms with E-state index in [0.29, 0.717) is 25.0 Å². The Kier molecular flexibility index (Phi) is 4.38. The molecule has 1 saturated heterocycles. The molecule has 9 nitrogen and oxygen atoms in total. The van der Waals surface area contributed by atoms with Crippen LogP contribution in [0.5, 0.6) is 0 Å². The number of aromatic carboxylic acids is 1. The van der Waals surface area contributed by atoms with E-state index in [4.69, 9.17) is 9.84 Å². The molecule has 3 N–H and O–H groups in total. The molecule has 1 amide bonds. The summed E-state index contributed by atoms with van der Waals surface area (Å²) in [5.74, 6) is 0.439. The lowest BCUT2D eigenvalue weighted by atomic mass is 9.53. The molecule has 5 aliphatic rings. The summed E-state index contributed by atoms with van der Waals surface area (Å²) in [5, 5.41) is 22.7. The molecule has 156 valence electrons. The predicted molar refractivity (Wildman–Crippen MR) is 101 cm³/mol. The van der Waals surface area contributed by atoms with Crippen molar-refractivity contribution in [2.75, 3.05) is 18.4 Å². The smallest absolute Gasteiger partial charge is 0.410 e. The van der Waals surface area contributed by atoms with E-state index in [1.807, 2.05) is 0 Å². The van der Waals surface area contributed by atoms with Crippen molar-refractivity contribution in [2.45, 2.75) is 56.3 Å². The Morgan fingerprint density at radius 2 is 1.86 bits per heavy atom. The highest BCUT2D eigenvalue weighted by Gasteiger charge is 2.56. The number of amides is 1. The van der Waals surface area contributed by atoms with Crippen LogP contribution in [0, 0.1) is 17.8 Å². The van der Waals surface area contributed by atoms with Crippen LogP contribution in [-0.4, -0.2) is 68.0 Å². The van der Waals surface area contributed by atoms with Gasteiger partial charge >= 0.3 is 12.1 Å². The van der Waals surface area contributed by atoms with Crippen LogP contribution in [-0.2, 0) is 4.74 Å². The first kappa shape index (κ1) is 18.6. The highest BCUT2D eigenvalue weighted by Crippen LogP contribution is 2.56. The fourth-order valence-corrected chi connectivity index (χ4v) is 6.06. The fourth-order valence-electron chi connectivity index (χ4n) is 6.06. The second kappa shape index (κ2) is 6.83. The first-order valence-corrected chi connectivity index (χ1v) is 10.4. The number of carboxylic acid groups (broad SMARTS) is 1. The third-order valence-corrected chi connectivity index (χ3v) is 7.07. The molecular weight excluding hydrogens is 376 g/mol. The summed E-state index contributed by atoms with van der Waals surface area (Å²) in [6, 6.07) is -0.00237. The molecule has 1 aliphatic heterocycles. The summed E-state index contributed by atoms with van der Waals surface area (Å²) < 4.78 is 5.95. The standard InChI is InChI=1S/C20H26N4O5/c25-17(26)14-8-21-18(22-9-14)23-15-1-2-24(10-15)19(27)29-16-12-3-11-4-13(16)7-20(28,5-11)6-12/h8-9,11-13,15-16,28H,1-7,10H2,(H,25,26)(H,21,22,23)/t11?,12-,13?,15+,16-,20-/m0/s1. The second-order valence-corrected chi connectivity index (χ2v) is 9.22. The van der Waals surface area contributed by atoms with Gasteiger partial charge in [-0.2, -0.15) is 0 Å². The number of carboxylic acids is 1. The van der Waals surface area contributed by atoms with E-state index >= 15 is 0 Å². The van der Waals surface area contributed by atoms with Gasteiger partial charge in [0.15, 0.2) is 0 Å². The predicted octanol–water partition coefficient (Wildman–Crippen LogP) is 1.74. The topological polar surface area (TPSA) is 125 Å². The van der Waals surface area contributed by atoms with Crippen molar-refractivity contribution >= 4 is 18.0 Å². The lowest BCUT2D eigenvalue weighted by Crippen LogP contribution is -2.58. The van der Waals surface area contributed by atoms with Gasteiger partial charge in [-0.25, -0.2) is 19.6 Å². The molecule has 2 unspecified atom stereocenters. The zero-order valence-corrected chi connectivity index (χ0v) is 16.2. The molecule has 0 aromatic carbocycles. The Morgan fingerprint density at radius 3 is 2.48 bits per heavy atom. The van der Waals surface area contributed by atoms with Crippen LogP contribution in [0.3, 0.4) is 0 Å². The van der Waals surface area contributed by atoms with E-state index in [2.05, 4.69) is 15.3 Å². The zero-order valence-electron chi connectivity index (χ0n) is 16.2. The maximum absolute atomic E-state index is 12.8. The number of nitrogens with one attached hydrogen (secondary N) is 1. The van der Waals surface area contributed by atoms with E-state index in [9.17, 15) is 14.7 Å². The molecule has 29 heavy (non-hydrogen) atoms. The molecule has 4 bridgehead atoms. The number of aromatic nitrogens is 2. The number of ether oxygens (including phenoxy) is 1. The van der Waals surface area contributed by atoms with Gasteiger partial charge in [-0.15, -0.1) is 0 Å². The van der Waals surface area contributed by atoms with E-state index in [-0.39, 0.29) is 35.6 Å². The molecule has 5 fully saturated rings. The summed E-state index contributed by atoms with van der Waals surface area (Å²) in [4.78, 5) is 33.4. The number of carbonyl (C=O) groups is 2. The number of likely N-dealkylation sites (tertiary alicyclic amines) is 1. The maximum Gasteiger partial charge on any atom is 0.410 e. The zero-order chi connectivity index (χ0) is 20.2. The van der Waals surface area contributed by atoms with Gasteiger partial charge in [-0.05, 0) is 56.3 Å². The lowest BCUT2D eigenvalue weighted by Gasteiger charge is -2.57. The summed E-state index contributed by atoms with van der Waals surface area (Å²) in [5.41, 5.74) is -0.495. The number of rotatable bonds is 4. The van der Waals surface area contributed by atoms with Crippen molar-refractivity contribution in [3.63, 3.8) is 0 Å². The van der Waals surface area contributed by atoms with Crippen LogP contribution in [0.15, 0.2) is 12.4 Å². The van der Waals surface area contributed by atoms with Gasteiger partial charge in [0.25, 0.3) is 0 Å². The molecule has 2 heterocycles. The molecule has 6 atom stereocenters. The first-order valence-electron chi connectivity index (χ1n) is 10.4. The Balaban J connectivity index is 1.16. The van der Waals surface area contributed by atoms with Crippen LogP contribution < -0.4 is 5.32 Å². The van der Waals surface area contributed by atoms with E-state index in [1.165, 1.54) is 12.4 Å². The largest absolute Gasteiger partial charge is 0.478 e. The fraction of sp³-hybridized carbons (Fsp3) is 0.700. The molecule has 1 aromatic heterocycles.